The van der Waals surface area contributed by atoms with Crippen molar-refractivity contribution in [3.63, 3.8) is 0 Å². The molecule has 2 unspecified atom stereocenters. The molecule has 0 bridgehead atoms. The van der Waals surface area contributed by atoms with Crippen LogP contribution >= 0.6 is 12.4 Å². The number of carbonyl (C=O) groups excluding carboxylic acids is 2. The smallest absolute Gasteiger partial charge is 0.246 e. The van der Waals surface area contributed by atoms with E-state index in [1.54, 1.807) is 37.6 Å². The minimum Gasteiger partial charge on any atom is -0.497 e. The van der Waals surface area contributed by atoms with Gasteiger partial charge in [-0.3, -0.25) is 14.3 Å². The summed E-state index contributed by atoms with van der Waals surface area (Å²) < 4.78 is 6.52. The van der Waals surface area contributed by atoms with Gasteiger partial charge in [-0.15, -0.1) is 12.4 Å². The van der Waals surface area contributed by atoms with E-state index in [2.05, 4.69) is 15.7 Å². The third kappa shape index (κ3) is 6.58. The molecule has 0 aliphatic carbocycles. The molecule has 148 valence electrons. The van der Waals surface area contributed by atoms with E-state index in [1.165, 1.54) is 10.9 Å². The second-order valence-corrected chi connectivity index (χ2v) is 6.10. The number of nitrogens with zero attached hydrogens (tertiary/aromatic N) is 2. The third-order valence-electron chi connectivity index (χ3n) is 4.14. The zero-order chi connectivity index (χ0) is 19.1. The molecule has 9 heteroatoms. The first-order valence-corrected chi connectivity index (χ1v) is 8.45. The average Bonchev–Trinajstić information content (AvgIpc) is 3.07. The van der Waals surface area contributed by atoms with Crippen LogP contribution in [0, 0.1) is 5.92 Å². The number of nitrogens with one attached hydrogen (secondary N) is 2. The van der Waals surface area contributed by atoms with Gasteiger partial charge < -0.3 is 21.1 Å². The molecule has 4 N–H and O–H groups in total. The van der Waals surface area contributed by atoms with E-state index in [4.69, 9.17) is 10.5 Å². The third-order valence-corrected chi connectivity index (χ3v) is 4.14. The molecule has 1 heterocycles. The zero-order valence-electron chi connectivity index (χ0n) is 15.6. The fourth-order valence-electron chi connectivity index (χ4n) is 2.27. The topological polar surface area (TPSA) is 111 Å². The lowest BCUT2D eigenvalue weighted by atomic mass is 9.99. The molecule has 0 saturated heterocycles. The number of anilines is 2. The number of hydrogen-bond acceptors (Lipinski definition) is 5. The average molecular weight is 396 g/mol. The SMILES string of the molecule is CCC(C)C(N)C(=O)Nc1cnn(CC(=O)Nc2ccc(OC)cc2)c1.Cl. The van der Waals surface area contributed by atoms with Crippen LogP contribution in [0.15, 0.2) is 36.7 Å². The van der Waals surface area contributed by atoms with Crippen molar-refractivity contribution in [2.45, 2.75) is 32.9 Å². The molecule has 0 radical (unpaired) electrons. The van der Waals surface area contributed by atoms with Gasteiger partial charge in [0.15, 0.2) is 0 Å². The number of benzene rings is 1. The van der Waals surface area contributed by atoms with Crippen molar-refractivity contribution < 1.29 is 14.3 Å². The highest BCUT2D eigenvalue weighted by atomic mass is 35.5. The van der Waals surface area contributed by atoms with Gasteiger partial charge in [0.2, 0.25) is 11.8 Å². The first-order valence-electron chi connectivity index (χ1n) is 8.45. The normalized spacial score (nSPS) is 12.4. The number of halogens is 1. The molecule has 27 heavy (non-hydrogen) atoms. The minimum absolute atomic E-state index is 0. The van der Waals surface area contributed by atoms with Gasteiger partial charge in [0.25, 0.3) is 0 Å². The van der Waals surface area contributed by atoms with E-state index in [-0.39, 0.29) is 36.7 Å². The molecule has 2 rings (SSSR count). The maximum Gasteiger partial charge on any atom is 0.246 e. The standard InChI is InChI=1S/C18H25N5O3.ClH/c1-4-12(2)17(19)18(25)22-14-9-20-23(10-14)11-16(24)21-13-5-7-15(26-3)8-6-13;/h5-10,12,17H,4,11,19H2,1-3H3,(H,21,24)(H,22,25);1H. The zero-order valence-corrected chi connectivity index (χ0v) is 16.5. The largest absolute Gasteiger partial charge is 0.497 e. The summed E-state index contributed by atoms with van der Waals surface area (Å²) in [6, 6.07) is 6.44. The molecule has 2 aromatic rings. The molecule has 8 nitrogen and oxygen atoms in total. The first-order chi connectivity index (χ1) is 12.4. The van der Waals surface area contributed by atoms with Crippen molar-refractivity contribution in [1.29, 1.82) is 0 Å². The van der Waals surface area contributed by atoms with Crippen molar-refractivity contribution in [3.8, 4) is 5.75 Å². The van der Waals surface area contributed by atoms with Crippen LogP contribution in [0.4, 0.5) is 11.4 Å². The Hall–Kier alpha value is -2.58. The monoisotopic (exact) mass is 395 g/mol. The van der Waals surface area contributed by atoms with Crippen LogP contribution in [0.25, 0.3) is 0 Å². The van der Waals surface area contributed by atoms with Gasteiger partial charge >= 0.3 is 0 Å². The van der Waals surface area contributed by atoms with Gasteiger partial charge in [0, 0.05) is 11.9 Å². The van der Waals surface area contributed by atoms with Gasteiger partial charge in [-0.2, -0.15) is 5.10 Å². The fourth-order valence-corrected chi connectivity index (χ4v) is 2.27. The lowest BCUT2D eigenvalue weighted by Gasteiger charge is -2.16. The maximum atomic E-state index is 12.1. The Morgan fingerprint density at radius 1 is 1.22 bits per heavy atom. The van der Waals surface area contributed by atoms with Crippen LogP contribution in [0.5, 0.6) is 5.75 Å². The van der Waals surface area contributed by atoms with Gasteiger partial charge in [-0.05, 0) is 30.2 Å². The highest BCUT2D eigenvalue weighted by Crippen LogP contribution is 2.15. The Labute approximate surface area is 164 Å². The summed E-state index contributed by atoms with van der Waals surface area (Å²) >= 11 is 0. The number of methoxy groups -OCH3 is 1. The van der Waals surface area contributed by atoms with Gasteiger partial charge in [-0.1, -0.05) is 20.3 Å². The number of amides is 2. The number of rotatable bonds is 8. The van der Waals surface area contributed by atoms with Crippen molar-refractivity contribution in [2.24, 2.45) is 11.7 Å². The molecule has 0 saturated carbocycles. The summed E-state index contributed by atoms with van der Waals surface area (Å²) in [5.74, 6) is 0.306. The van der Waals surface area contributed by atoms with Gasteiger partial charge in [0.05, 0.1) is 25.0 Å². The summed E-state index contributed by atoms with van der Waals surface area (Å²) in [4.78, 5) is 24.2. The molecule has 0 spiro atoms. The van der Waals surface area contributed by atoms with Gasteiger partial charge in [0.1, 0.15) is 12.3 Å². The fraction of sp³-hybridized carbons (Fsp3) is 0.389. The van der Waals surface area contributed by atoms with E-state index in [0.717, 1.165) is 6.42 Å². The molecule has 0 aliphatic heterocycles. The molecule has 2 amide bonds. The van der Waals surface area contributed by atoms with Crippen molar-refractivity contribution >= 4 is 35.6 Å². The second-order valence-electron chi connectivity index (χ2n) is 6.10. The Kier molecular flexibility index (Phi) is 8.77. The highest BCUT2D eigenvalue weighted by molar-refractivity contribution is 5.94. The van der Waals surface area contributed by atoms with E-state index >= 15 is 0 Å². The van der Waals surface area contributed by atoms with Gasteiger partial charge in [-0.25, -0.2) is 0 Å². The molecular formula is C18H26ClN5O3. The second kappa shape index (κ2) is 10.5. The molecule has 1 aromatic heterocycles. The Morgan fingerprint density at radius 3 is 2.48 bits per heavy atom. The number of aromatic nitrogens is 2. The van der Waals surface area contributed by atoms with Crippen LogP contribution in [0.3, 0.4) is 0 Å². The predicted octanol–water partition coefficient (Wildman–Crippen LogP) is 2.26. The van der Waals surface area contributed by atoms with Crippen LogP contribution < -0.4 is 21.1 Å². The first kappa shape index (κ1) is 22.5. The molecule has 0 fully saturated rings. The highest BCUT2D eigenvalue weighted by Gasteiger charge is 2.19. The summed E-state index contributed by atoms with van der Waals surface area (Å²) in [6.07, 6.45) is 3.90. The number of hydrogen-bond donors (Lipinski definition) is 3. The van der Waals surface area contributed by atoms with Crippen molar-refractivity contribution in [3.05, 3.63) is 36.7 Å². The van der Waals surface area contributed by atoms with E-state index < -0.39 is 6.04 Å². The Morgan fingerprint density at radius 2 is 1.89 bits per heavy atom. The van der Waals surface area contributed by atoms with Crippen LogP contribution in [-0.4, -0.2) is 34.7 Å². The van der Waals surface area contributed by atoms with Crippen LogP contribution in [-0.2, 0) is 16.1 Å². The summed E-state index contributed by atoms with van der Waals surface area (Å²) in [5, 5.41) is 9.57. The van der Waals surface area contributed by atoms with Crippen molar-refractivity contribution in [2.75, 3.05) is 17.7 Å². The lowest BCUT2D eigenvalue weighted by Crippen LogP contribution is -2.40. The number of ether oxygens (including phenoxy) is 1. The molecular weight excluding hydrogens is 370 g/mol. The minimum atomic E-state index is -0.582. The Bertz CT molecular complexity index is 748. The lowest BCUT2D eigenvalue weighted by molar-refractivity contribution is -0.118. The number of carbonyl (C=O) groups is 2. The molecule has 0 aliphatic rings. The van der Waals surface area contributed by atoms with Crippen molar-refractivity contribution in [1.82, 2.24) is 9.78 Å². The summed E-state index contributed by atoms with van der Waals surface area (Å²) in [5.41, 5.74) is 7.07. The van der Waals surface area contributed by atoms with E-state index in [0.29, 0.717) is 17.1 Å². The molecule has 1 aromatic carbocycles. The van der Waals surface area contributed by atoms with E-state index in [9.17, 15) is 9.59 Å². The predicted molar refractivity (Wildman–Crippen MR) is 107 cm³/mol. The summed E-state index contributed by atoms with van der Waals surface area (Å²) in [6.45, 7) is 3.94. The number of nitrogens with two attached hydrogens (primary N) is 1. The van der Waals surface area contributed by atoms with Crippen LogP contribution in [0.1, 0.15) is 20.3 Å². The van der Waals surface area contributed by atoms with E-state index in [1.807, 2.05) is 13.8 Å². The Balaban J connectivity index is 0.00000364. The van der Waals surface area contributed by atoms with Crippen LogP contribution in [0.2, 0.25) is 0 Å². The maximum absolute atomic E-state index is 12.1. The summed E-state index contributed by atoms with van der Waals surface area (Å²) in [7, 11) is 1.58. The molecule has 2 atom stereocenters. The quantitative estimate of drug-likeness (QED) is 0.634.